The van der Waals surface area contributed by atoms with Gasteiger partial charge in [-0.2, -0.15) is 0 Å². The number of sulfone groups is 1. The van der Waals surface area contributed by atoms with Gasteiger partial charge in [0, 0.05) is 5.56 Å². The fraction of sp³-hybridized carbons (Fsp3) is 0.533. The van der Waals surface area contributed by atoms with Crippen LogP contribution in [-0.4, -0.2) is 32.8 Å². The summed E-state index contributed by atoms with van der Waals surface area (Å²) >= 11 is 3.30. The van der Waals surface area contributed by atoms with E-state index < -0.39 is 15.6 Å². The van der Waals surface area contributed by atoms with Crippen LogP contribution in [0, 0.1) is 5.92 Å². The summed E-state index contributed by atoms with van der Waals surface area (Å²) in [5, 5.41) is 0. The van der Waals surface area contributed by atoms with E-state index in [-0.39, 0.29) is 17.5 Å². The Morgan fingerprint density at radius 3 is 2.57 bits per heavy atom. The molecule has 1 aliphatic rings. The quantitative estimate of drug-likeness (QED) is 0.717. The molecule has 0 aliphatic heterocycles. The number of ketones is 1. The van der Waals surface area contributed by atoms with Crippen LogP contribution < -0.4 is 4.74 Å². The third kappa shape index (κ3) is 4.54. The number of hydrogen-bond acceptors (Lipinski definition) is 4. The van der Waals surface area contributed by atoms with Crippen LogP contribution in [0.1, 0.15) is 36.0 Å². The Kier molecular flexibility index (Phi) is 5.43. The molecule has 1 saturated carbocycles. The molecule has 1 aromatic rings. The SMILES string of the molecule is COc1ccc(C(=O)CS(=O)(=O)CC2CCCC2)cc1Br. The van der Waals surface area contributed by atoms with E-state index in [0.717, 1.165) is 25.7 Å². The Balaban J connectivity index is 2.04. The van der Waals surface area contributed by atoms with Gasteiger partial charge in [-0.15, -0.1) is 0 Å². The molecular formula is C15H19BrO4S. The number of carbonyl (C=O) groups is 1. The lowest BCUT2D eigenvalue weighted by atomic mass is 10.1. The molecule has 0 unspecified atom stereocenters. The van der Waals surface area contributed by atoms with Crippen molar-refractivity contribution in [1.29, 1.82) is 0 Å². The maximum atomic E-state index is 12.1. The molecule has 1 aliphatic carbocycles. The summed E-state index contributed by atoms with van der Waals surface area (Å²) in [5.41, 5.74) is 0.387. The average Bonchev–Trinajstić information content (AvgIpc) is 2.90. The van der Waals surface area contributed by atoms with Crippen LogP contribution in [-0.2, 0) is 9.84 Å². The van der Waals surface area contributed by atoms with E-state index >= 15 is 0 Å². The Hall–Kier alpha value is -0.880. The molecule has 0 amide bonds. The molecule has 0 spiro atoms. The number of rotatable bonds is 6. The van der Waals surface area contributed by atoms with Crippen LogP contribution in [0.15, 0.2) is 22.7 Å². The van der Waals surface area contributed by atoms with E-state index in [2.05, 4.69) is 15.9 Å². The van der Waals surface area contributed by atoms with Crippen LogP contribution in [0.4, 0.5) is 0 Å². The molecule has 21 heavy (non-hydrogen) atoms. The number of Topliss-reactive ketones (excluding diaryl/α,β-unsaturated/α-hetero) is 1. The van der Waals surface area contributed by atoms with E-state index in [1.54, 1.807) is 18.2 Å². The van der Waals surface area contributed by atoms with Crippen LogP contribution in [0.2, 0.25) is 0 Å². The fourth-order valence-corrected chi connectivity index (χ4v) is 4.99. The minimum absolute atomic E-state index is 0.135. The standard InChI is InChI=1S/C15H19BrO4S/c1-20-15-7-6-12(8-13(15)16)14(17)10-21(18,19)9-11-4-2-3-5-11/h6-8,11H,2-5,9-10H2,1H3. The van der Waals surface area contributed by atoms with Crippen molar-refractivity contribution in [3.63, 3.8) is 0 Å². The number of ether oxygens (including phenoxy) is 1. The maximum absolute atomic E-state index is 12.1. The Labute approximate surface area is 133 Å². The fourth-order valence-electron chi connectivity index (χ4n) is 2.72. The van der Waals surface area contributed by atoms with Crippen LogP contribution >= 0.6 is 15.9 Å². The minimum atomic E-state index is -3.34. The van der Waals surface area contributed by atoms with E-state index in [0.29, 0.717) is 15.8 Å². The van der Waals surface area contributed by atoms with Gasteiger partial charge in [0.05, 0.1) is 17.3 Å². The first-order valence-corrected chi connectivity index (χ1v) is 9.60. The van der Waals surface area contributed by atoms with Gasteiger partial charge in [-0.05, 0) is 52.9 Å². The largest absolute Gasteiger partial charge is 0.496 e. The van der Waals surface area contributed by atoms with Gasteiger partial charge >= 0.3 is 0 Å². The van der Waals surface area contributed by atoms with Crippen LogP contribution in [0.5, 0.6) is 5.75 Å². The predicted octanol–water partition coefficient (Wildman–Crippen LogP) is 3.25. The van der Waals surface area contributed by atoms with Crippen molar-refractivity contribution in [2.24, 2.45) is 5.92 Å². The van der Waals surface area contributed by atoms with Crippen molar-refractivity contribution in [2.75, 3.05) is 18.6 Å². The lowest BCUT2D eigenvalue weighted by Crippen LogP contribution is -2.22. The summed E-state index contributed by atoms with van der Waals surface area (Å²) in [5.74, 6) is 0.195. The van der Waals surface area contributed by atoms with Crippen molar-refractivity contribution in [3.8, 4) is 5.75 Å². The second-order valence-corrected chi connectivity index (χ2v) is 8.44. The normalized spacial score (nSPS) is 16.1. The molecule has 1 fully saturated rings. The molecule has 1 aromatic carbocycles. The molecule has 0 saturated heterocycles. The summed E-state index contributed by atoms with van der Waals surface area (Å²) < 4.78 is 30.0. The van der Waals surface area contributed by atoms with Crippen molar-refractivity contribution in [3.05, 3.63) is 28.2 Å². The molecule has 0 radical (unpaired) electrons. The van der Waals surface area contributed by atoms with Gasteiger partial charge in [-0.25, -0.2) is 8.42 Å². The highest BCUT2D eigenvalue weighted by Crippen LogP contribution is 2.27. The zero-order valence-electron chi connectivity index (χ0n) is 12.0. The van der Waals surface area contributed by atoms with E-state index in [1.165, 1.54) is 7.11 Å². The zero-order chi connectivity index (χ0) is 15.5. The third-order valence-electron chi connectivity index (χ3n) is 3.79. The highest BCUT2D eigenvalue weighted by molar-refractivity contribution is 9.10. The lowest BCUT2D eigenvalue weighted by molar-refractivity contribution is 0.102. The summed E-state index contributed by atoms with van der Waals surface area (Å²) in [7, 11) is -1.80. The van der Waals surface area contributed by atoms with Gasteiger partial charge in [0.1, 0.15) is 11.5 Å². The number of benzene rings is 1. The minimum Gasteiger partial charge on any atom is -0.496 e. The van der Waals surface area contributed by atoms with Crippen molar-refractivity contribution in [1.82, 2.24) is 0 Å². The smallest absolute Gasteiger partial charge is 0.177 e. The van der Waals surface area contributed by atoms with Gasteiger partial charge < -0.3 is 4.74 Å². The molecule has 2 rings (SSSR count). The Morgan fingerprint density at radius 2 is 2.00 bits per heavy atom. The summed E-state index contributed by atoms with van der Waals surface area (Å²) in [6.07, 6.45) is 4.11. The lowest BCUT2D eigenvalue weighted by Gasteiger charge is -2.10. The molecule has 4 nitrogen and oxygen atoms in total. The summed E-state index contributed by atoms with van der Waals surface area (Å²) in [6.45, 7) is 0. The summed E-state index contributed by atoms with van der Waals surface area (Å²) in [4.78, 5) is 12.1. The second kappa shape index (κ2) is 6.92. The first-order valence-electron chi connectivity index (χ1n) is 6.98. The van der Waals surface area contributed by atoms with Crippen molar-refractivity contribution >= 4 is 31.6 Å². The average molecular weight is 375 g/mol. The van der Waals surface area contributed by atoms with Gasteiger partial charge in [-0.1, -0.05) is 12.8 Å². The highest BCUT2D eigenvalue weighted by Gasteiger charge is 2.25. The predicted molar refractivity (Wildman–Crippen MR) is 85.6 cm³/mol. The first-order chi connectivity index (χ1) is 9.91. The Morgan fingerprint density at radius 1 is 1.33 bits per heavy atom. The zero-order valence-corrected chi connectivity index (χ0v) is 14.4. The van der Waals surface area contributed by atoms with Gasteiger partial charge in [-0.3, -0.25) is 4.79 Å². The van der Waals surface area contributed by atoms with Crippen molar-refractivity contribution in [2.45, 2.75) is 25.7 Å². The first kappa shape index (κ1) is 16.5. The topological polar surface area (TPSA) is 60.4 Å². The third-order valence-corrected chi connectivity index (χ3v) is 6.09. The van der Waals surface area contributed by atoms with Crippen molar-refractivity contribution < 1.29 is 17.9 Å². The molecule has 0 aromatic heterocycles. The number of carbonyl (C=O) groups excluding carboxylic acids is 1. The maximum Gasteiger partial charge on any atom is 0.177 e. The van der Waals surface area contributed by atoms with Crippen LogP contribution in [0.25, 0.3) is 0 Å². The second-order valence-electron chi connectivity index (χ2n) is 5.48. The molecule has 0 heterocycles. The number of methoxy groups -OCH3 is 1. The molecule has 6 heteroatoms. The molecular weight excluding hydrogens is 356 g/mol. The highest BCUT2D eigenvalue weighted by atomic mass is 79.9. The molecule has 0 bridgehead atoms. The molecule has 116 valence electrons. The van der Waals surface area contributed by atoms with E-state index in [1.807, 2.05) is 0 Å². The number of halogens is 1. The Bertz CT molecular complexity index is 619. The van der Waals surface area contributed by atoms with Gasteiger partial charge in [0.25, 0.3) is 0 Å². The van der Waals surface area contributed by atoms with Crippen LogP contribution in [0.3, 0.4) is 0 Å². The van der Waals surface area contributed by atoms with E-state index in [9.17, 15) is 13.2 Å². The van der Waals surface area contributed by atoms with E-state index in [4.69, 9.17) is 4.74 Å². The summed E-state index contributed by atoms with van der Waals surface area (Å²) in [6, 6.07) is 4.85. The van der Waals surface area contributed by atoms with Gasteiger partial charge in [0.2, 0.25) is 0 Å². The molecule has 0 atom stereocenters. The monoisotopic (exact) mass is 374 g/mol. The van der Waals surface area contributed by atoms with Gasteiger partial charge in [0.15, 0.2) is 15.6 Å². The molecule has 0 N–H and O–H groups in total. The number of hydrogen-bond donors (Lipinski definition) is 0.